The van der Waals surface area contributed by atoms with Crippen LogP contribution in [0.3, 0.4) is 0 Å². The highest BCUT2D eigenvalue weighted by atomic mass is 15.0. The molecule has 1 rings (SSSR count). The Labute approximate surface area is 60.5 Å². The van der Waals surface area contributed by atoms with Crippen molar-refractivity contribution in [1.29, 1.82) is 0 Å². The fraction of sp³-hybridized carbons (Fsp3) is 0.286. The topological polar surface area (TPSA) is 37.0 Å². The lowest BCUT2D eigenvalue weighted by Gasteiger charge is -2.00. The average molecular weight is 137 g/mol. The molecule has 0 aromatic carbocycles. The molecule has 0 spiro atoms. The molecule has 2 N–H and O–H groups in total. The summed E-state index contributed by atoms with van der Waals surface area (Å²) >= 11 is 0. The molecule has 0 unspecified atom stereocenters. The van der Waals surface area contributed by atoms with E-state index in [1.807, 2.05) is 26.2 Å². The van der Waals surface area contributed by atoms with Crippen LogP contribution in [0.5, 0.6) is 0 Å². The van der Waals surface area contributed by atoms with Crippen LogP contribution in [0.2, 0.25) is 0 Å². The van der Waals surface area contributed by atoms with Crippen LogP contribution in [0.25, 0.3) is 0 Å². The van der Waals surface area contributed by atoms with Gasteiger partial charge in [0.1, 0.15) is 5.82 Å². The molecule has 1 heterocycles. The van der Waals surface area contributed by atoms with E-state index in [1.165, 1.54) is 0 Å². The van der Waals surface area contributed by atoms with Crippen LogP contribution in [0.1, 0.15) is 0 Å². The highest BCUT2D eigenvalue weighted by molar-refractivity contribution is 5.46. The molecule has 0 amide bonds. The summed E-state index contributed by atoms with van der Waals surface area (Å²) in [5.74, 6) is 0.888. The number of hydrogen-bond donors (Lipinski definition) is 2. The molecule has 0 aliphatic heterocycles. The molecule has 3 heteroatoms. The highest BCUT2D eigenvalue weighted by Gasteiger charge is 1.88. The van der Waals surface area contributed by atoms with Crippen molar-refractivity contribution in [2.45, 2.75) is 0 Å². The van der Waals surface area contributed by atoms with Gasteiger partial charge in [-0.1, -0.05) is 0 Å². The van der Waals surface area contributed by atoms with Crippen LogP contribution in [0, 0.1) is 0 Å². The van der Waals surface area contributed by atoms with Gasteiger partial charge in [0, 0.05) is 14.1 Å². The summed E-state index contributed by atoms with van der Waals surface area (Å²) in [6.07, 6.45) is 1.78. The number of nitrogens with zero attached hydrogens (tertiary/aromatic N) is 1. The van der Waals surface area contributed by atoms with Gasteiger partial charge in [-0.2, -0.15) is 0 Å². The molecule has 0 fully saturated rings. The Morgan fingerprint density at radius 1 is 1.20 bits per heavy atom. The minimum absolute atomic E-state index is 0.888. The van der Waals surface area contributed by atoms with E-state index in [4.69, 9.17) is 0 Å². The molecule has 0 atom stereocenters. The summed E-state index contributed by atoms with van der Waals surface area (Å²) in [6, 6.07) is 3.89. The molecule has 0 saturated carbocycles. The van der Waals surface area contributed by atoms with E-state index in [0.29, 0.717) is 0 Å². The standard InChI is InChI=1S/C7H11N3/c1-8-6-3-4-7(9-2)10-5-6/h3-5,8H,1-2H3,(H,9,10). The van der Waals surface area contributed by atoms with E-state index in [0.717, 1.165) is 11.5 Å². The van der Waals surface area contributed by atoms with Gasteiger partial charge in [0.15, 0.2) is 0 Å². The van der Waals surface area contributed by atoms with E-state index in [1.54, 1.807) is 6.20 Å². The maximum atomic E-state index is 4.09. The highest BCUT2D eigenvalue weighted by Crippen LogP contribution is 2.06. The largest absolute Gasteiger partial charge is 0.387 e. The number of anilines is 2. The molecular weight excluding hydrogens is 126 g/mol. The maximum absolute atomic E-state index is 4.09. The zero-order valence-electron chi connectivity index (χ0n) is 6.18. The van der Waals surface area contributed by atoms with Gasteiger partial charge in [0.25, 0.3) is 0 Å². The van der Waals surface area contributed by atoms with Gasteiger partial charge in [-0.15, -0.1) is 0 Å². The summed E-state index contributed by atoms with van der Waals surface area (Å²) in [5, 5.41) is 5.93. The van der Waals surface area contributed by atoms with E-state index < -0.39 is 0 Å². The molecule has 3 nitrogen and oxygen atoms in total. The minimum Gasteiger partial charge on any atom is -0.387 e. The second kappa shape index (κ2) is 3.06. The minimum atomic E-state index is 0.888. The number of rotatable bonds is 2. The second-order valence-corrected chi connectivity index (χ2v) is 1.93. The number of aromatic nitrogens is 1. The molecule has 10 heavy (non-hydrogen) atoms. The van der Waals surface area contributed by atoms with E-state index in [9.17, 15) is 0 Å². The molecular formula is C7H11N3. The van der Waals surface area contributed by atoms with Crippen LogP contribution in [-0.2, 0) is 0 Å². The lowest BCUT2D eigenvalue weighted by molar-refractivity contribution is 1.28. The SMILES string of the molecule is CNc1ccc(NC)nc1. The molecule has 0 aliphatic rings. The first-order valence-corrected chi connectivity index (χ1v) is 3.18. The zero-order chi connectivity index (χ0) is 7.40. The van der Waals surface area contributed by atoms with Gasteiger partial charge >= 0.3 is 0 Å². The molecule has 0 saturated heterocycles. The van der Waals surface area contributed by atoms with E-state index in [2.05, 4.69) is 15.6 Å². The Hall–Kier alpha value is -1.25. The Morgan fingerprint density at radius 3 is 2.40 bits per heavy atom. The lowest BCUT2D eigenvalue weighted by Crippen LogP contribution is -1.93. The molecule has 0 bridgehead atoms. The maximum Gasteiger partial charge on any atom is 0.125 e. The Morgan fingerprint density at radius 2 is 2.00 bits per heavy atom. The van der Waals surface area contributed by atoms with Gasteiger partial charge in [-0.25, -0.2) is 4.98 Å². The summed E-state index contributed by atoms with van der Waals surface area (Å²) < 4.78 is 0. The lowest BCUT2D eigenvalue weighted by atomic mass is 10.4. The monoisotopic (exact) mass is 137 g/mol. The molecule has 1 aromatic heterocycles. The number of pyridine rings is 1. The Kier molecular flexibility index (Phi) is 2.10. The normalized spacial score (nSPS) is 9.00. The predicted molar refractivity (Wildman–Crippen MR) is 43.3 cm³/mol. The summed E-state index contributed by atoms with van der Waals surface area (Å²) in [4.78, 5) is 4.09. The van der Waals surface area contributed by atoms with Gasteiger partial charge in [-0.05, 0) is 12.1 Å². The van der Waals surface area contributed by atoms with Crippen molar-refractivity contribution in [2.75, 3.05) is 24.7 Å². The van der Waals surface area contributed by atoms with Crippen LogP contribution < -0.4 is 10.6 Å². The van der Waals surface area contributed by atoms with Crippen LogP contribution in [0.15, 0.2) is 18.3 Å². The van der Waals surface area contributed by atoms with Crippen molar-refractivity contribution in [3.63, 3.8) is 0 Å². The van der Waals surface area contributed by atoms with Crippen molar-refractivity contribution >= 4 is 11.5 Å². The fourth-order valence-corrected chi connectivity index (χ4v) is 0.690. The first kappa shape index (κ1) is 6.86. The fourth-order valence-electron chi connectivity index (χ4n) is 0.690. The number of nitrogens with one attached hydrogen (secondary N) is 2. The third-order valence-electron chi connectivity index (χ3n) is 1.31. The molecule has 0 aliphatic carbocycles. The van der Waals surface area contributed by atoms with Gasteiger partial charge in [-0.3, -0.25) is 0 Å². The third kappa shape index (κ3) is 1.37. The Bertz CT molecular complexity index is 170. The molecule has 1 aromatic rings. The molecule has 54 valence electrons. The molecule has 0 radical (unpaired) electrons. The first-order valence-electron chi connectivity index (χ1n) is 3.18. The summed E-state index contributed by atoms with van der Waals surface area (Å²) in [6.45, 7) is 0. The Balaban J connectivity index is 2.80. The van der Waals surface area contributed by atoms with Gasteiger partial charge in [0.2, 0.25) is 0 Å². The van der Waals surface area contributed by atoms with Crippen LogP contribution in [-0.4, -0.2) is 19.1 Å². The van der Waals surface area contributed by atoms with Crippen molar-refractivity contribution in [1.82, 2.24) is 4.98 Å². The summed E-state index contributed by atoms with van der Waals surface area (Å²) in [7, 11) is 3.72. The third-order valence-corrected chi connectivity index (χ3v) is 1.31. The van der Waals surface area contributed by atoms with Crippen LogP contribution in [0.4, 0.5) is 11.5 Å². The van der Waals surface area contributed by atoms with Gasteiger partial charge < -0.3 is 10.6 Å². The van der Waals surface area contributed by atoms with Crippen LogP contribution >= 0.6 is 0 Å². The van der Waals surface area contributed by atoms with Gasteiger partial charge in [0.05, 0.1) is 11.9 Å². The number of hydrogen-bond acceptors (Lipinski definition) is 3. The smallest absolute Gasteiger partial charge is 0.125 e. The van der Waals surface area contributed by atoms with E-state index >= 15 is 0 Å². The summed E-state index contributed by atoms with van der Waals surface area (Å²) in [5.41, 5.74) is 1.03. The van der Waals surface area contributed by atoms with Crippen molar-refractivity contribution in [3.05, 3.63) is 18.3 Å². The van der Waals surface area contributed by atoms with Crippen molar-refractivity contribution in [3.8, 4) is 0 Å². The average Bonchev–Trinajstić information content (AvgIpc) is 2.05. The first-order chi connectivity index (χ1) is 4.86. The quantitative estimate of drug-likeness (QED) is 0.642. The predicted octanol–water partition coefficient (Wildman–Crippen LogP) is 1.16. The van der Waals surface area contributed by atoms with E-state index in [-0.39, 0.29) is 0 Å². The zero-order valence-corrected chi connectivity index (χ0v) is 6.18. The van der Waals surface area contributed by atoms with Crippen molar-refractivity contribution < 1.29 is 0 Å². The second-order valence-electron chi connectivity index (χ2n) is 1.93. The van der Waals surface area contributed by atoms with Crippen molar-refractivity contribution in [2.24, 2.45) is 0 Å².